The maximum Gasteiger partial charge on any atom is 0 e. The molecule has 0 saturated carbocycles. The molecule has 0 amide bonds. The van der Waals surface area contributed by atoms with Gasteiger partial charge in [-0.05, 0) is 0 Å². The van der Waals surface area contributed by atoms with Gasteiger partial charge in [-0.1, -0.05) is 12.8 Å². The zero-order valence-electron chi connectivity index (χ0n) is 4.76. The van der Waals surface area contributed by atoms with Crippen LogP contribution >= 0.6 is 0 Å². The van der Waals surface area contributed by atoms with Crippen LogP contribution in [0.3, 0.4) is 0 Å². The summed E-state index contributed by atoms with van der Waals surface area (Å²) in [7, 11) is 0. The first kappa shape index (κ1) is 9.38. The SMILES string of the molecule is [CH2-]CC(C)C[CH2-].[Cm]. The first-order chi connectivity index (χ1) is 2.81. The average molecular weight is 331 g/mol. The first-order valence-electron chi connectivity index (χ1n) is 2.39. The topological polar surface area (TPSA) is 0 Å². The van der Waals surface area contributed by atoms with Gasteiger partial charge in [0.05, 0.1) is 0 Å². The van der Waals surface area contributed by atoms with Gasteiger partial charge in [-0.15, -0.1) is 0 Å². The molecule has 0 rings (SSSR count). The molecule has 0 aliphatic heterocycles. The molecule has 7 heavy (non-hydrogen) atoms. The van der Waals surface area contributed by atoms with E-state index in [0.717, 1.165) is 12.8 Å². The molecule has 0 bridgehead atoms. The van der Waals surface area contributed by atoms with Crippen molar-refractivity contribution in [1.29, 1.82) is 0 Å². The molecule has 0 radical (unpaired) electrons. The second kappa shape index (κ2) is 5.00. The van der Waals surface area contributed by atoms with Crippen molar-refractivity contribution in [3.63, 3.8) is 0 Å². The van der Waals surface area contributed by atoms with Crippen molar-refractivity contribution < 1.29 is 0 Å². The second-order valence-electron chi connectivity index (χ2n) is 1.68. The van der Waals surface area contributed by atoms with E-state index in [9.17, 15) is 0 Å². The van der Waals surface area contributed by atoms with Crippen LogP contribution in [-0.2, 0) is 0 Å². The Hall–Kier alpha value is -1.00. The standard InChI is InChI=1S/C6H12.Cm/c1-4-6(3)5-2;/h6H,1-2,4-5H2,3H3;/q-2;. The van der Waals surface area contributed by atoms with Crippen LogP contribution in [0.15, 0.2) is 0 Å². The molecular weight excluding hydrogens is 319 g/mol. The quantitative estimate of drug-likeness (QED) is 0.680. The predicted molar refractivity (Wildman–Crippen MR) is 29.1 cm³/mol. The first-order valence-corrected chi connectivity index (χ1v) is 2.39. The summed E-state index contributed by atoms with van der Waals surface area (Å²) in [6, 6.07) is 0. The molecule has 0 atom stereocenters. The molecule has 0 nitrogen and oxygen atoms in total. The van der Waals surface area contributed by atoms with Gasteiger partial charge in [-0.25, -0.2) is 0 Å². The summed E-state index contributed by atoms with van der Waals surface area (Å²) in [5.41, 5.74) is 0. The molecule has 0 unspecified atom stereocenters. The monoisotopic (exact) mass is 327 g/mol. The molecule has 0 aliphatic carbocycles. The molecule has 0 aromatic heterocycles. The Labute approximate surface area is 40.6 Å². The van der Waals surface area contributed by atoms with Gasteiger partial charge < -0.3 is 13.8 Å². The molecule has 1 heteroatoms. The van der Waals surface area contributed by atoms with Gasteiger partial charge in [0.15, 0.2) is 0 Å². The Bertz CT molecular complexity index is 23.4. The summed E-state index contributed by atoms with van der Waals surface area (Å²) in [6.45, 7) is 9.59. The van der Waals surface area contributed by atoms with Crippen LogP contribution in [0, 0.1) is 19.8 Å². The number of hydrogen-bond donors (Lipinski definition) is 0. The number of hydrogen-bond acceptors (Lipinski definition) is 0. The molecule has 0 N–H and O–H groups in total. The van der Waals surface area contributed by atoms with Crippen LogP contribution < -0.4 is 0 Å². The van der Waals surface area contributed by atoms with Gasteiger partial charge in [0.1, 0.15) is 0 Å². The van der Waals surface area contributed by atoms with E-state index < -0.39 is 0 Å². The van der Waals surface area contributed by atoms with E-state index in [1.54, 1.807) is 0 Å². The van der Waals surface area contributed by atoms with Gasteiger partial charge in [0.2, 0.25) is 0 Å². The van der Waals surface area contributed by atoms with Crippen LogP contribution in [0.5, 0.6) is 0 Å². The maximum atomic E-state index is 3.72. The normalized spacial score (nSPS) is 8.57. The Morgan fingerprint density at radius 1 is 1.29 bits per heavy atom. The van der Waals surface area contributed by atoms with E-state index in [1.165, 1.54) is 0 Å². The van der Waals surface area contributed by atoms with Crippen molar-refractivity contribution in [3.8, 4) is 0 Å². The smallest absolute Gasteiger partial charge is 0 e. The van der Waals surface area contributed by atoms with Crippen molar-refractivity contribution in [2.24, 2.45) is 5.92 Å². The molecule has 0 fully saturated rings. The predicted octanol–water partition coefficient (Wildman–Crippen LogP) is 2.07. The van der Waals surface area contributed by atoms with E-state index in [1.807, 2.05) is 0 Å². The van der Waals surface area contributed by atoms with E-state index in [2.05, 4.69) is 20.8 Å². The minimum Gasteiger partial charge on any atom is -0.343 e. The number of rotatable bonds is 2. The molecule has 0 heterocycles. The second-order valence-corrected chi connectivity index (χ2v) is 1.68. The van der Waals surface area contributed by atoms with E-state index in [0.29, 0.717) is 5.92 Å². The fourth-order valence-corrected chi connectivity index (χ4v) is 0.144. The Morgan fingerprint density at radius 2 is 1.57 bits per heavy atom. The van der Waals surface area contributed by atoms with Crippen LogP contribution in [0.25, 0.3) is 0 Å². The van der Waals surface area contributed by atoms with Crippen LogP contribution in [-0.4, -0.2) is 0 Å². The zero-order chi connectivity index (χ0) is 4.99. The minimum atomic E-state index is 0. The molecule has 0 aromatic rings. The summed E-state index contributed by atoms with van der Waals surface area (Å²) < 4.78 is 0. The molecular formula is C6H12Cm-2. The van der Waals surface area contributed by atoms with Gasteiger partial charge in [-0.3, -0.25) is 0 Å². The maximum absolute atomic E-state index is 3.72. The summed E-state index contributed by atoms with van der Waals surface area (Å²) in [5.74, 6) is 0.713. The van der Waals surface area contributed by atoms with E-state index in [-0.39, 0.29) is 0 Å². The van der Waals surface area contributed by atoms with Crippen molar-refractivity contribution in [1.82, 2.24) is 0 Å². The molecule has 0 aromatic carbocycles. The molecule has 0 spiro atoms. The fourth-order valence-electron chi connectivity index (χ4n) is 0.144. The molecule has 46 valence electrons. The minimum absolute atomic E-state index is 0. The van der Waals surface area contributed by atoms with E-state index in [4.69, 9.17) is 0 Å². The van der Waals surface area contributed by atoms with E-state index >= 15 is 0 Å². The van der Waals surface area contributed by atoms with Crippen LogP contribution in [0.4, 0.5) is 0 Å². The van der Waals surface area contributed by atoms with Crippen LogP contribution in [0.1, 0.15) is 19.8 Å². The van der Waals surface area contributed by atoms with Crippen LogP contribution in [0.2, 0.25) is 0 Å². The Morgan fingerprint density at radius 3 is 1.57 bits per heavy atom. The third-order valence-corrected chi connectivity index (χ3v) is 0.986. The van der Waals surface area contributed by atoms with Crippen molar-refractivity contribution in [2.45, 2.75) is 19.8 Å². The summed E-state index contributed by atoms with van der Waals surface area (Å²) >= 11 is 0. The molecule has 0 aliphatic rings. The summed E-state index contributed by atoms with van der Waals surface area (Å²) in [6.07, 6.45) is 2.03. The van der Waals surface area contributed by atoms with Gasteiger partial charge in [0.25, 0.3) is 0 Å². The summed E-state index contributed by atoms with van der Waals surface area (Å²) in [4.78, 5) is 0. The van der Waals surface area contributed by atoms with Crippen molar-refractivity contribution in [2.75, 3.05) is 0 Å². The van der Waals surface area contributed by atoms with Gasteiger partial charge in [0, 0.05) is 0 Å². The van der Waals surface area contributed by atoms with Gasteiger partial charge in [-0.2, -0.15) is 12.8 Å². The average Bonchev–Trinajstić information content (AvgIpc) is 1.65. The molecule has 0 saturated heterocycles. The summed E-state index contributed by atoms with van der Waals surface area (Å²) in [5, 5.41) is 0. The van der Waals surface area contributed by atoms with Gasteiger partial charge >= 0.3 is 0 Å². The van der Waals surface area contributed by atoms with Crippen molar-refractivity contribution in [3.05, 3.63) is 13.8 Å². The third-order valence-electron chi connectivity index (χ3n) is 0.986. The van der Waals surface area contributed by atoms with Crippen molar-refractivity contribution >= 4 is 0 Å². The Kier molecular flexibility index (Phi) is 6.70. The zero-order valence-corrected chi connectivity index (χ0v) is 7.70. The fraction of sp³-hybridized carbons (Fsp3) is 0.667. The largest absolute Gasteiger partial charge is 0.343 e. The Balaban J connectivity index is 0. The third kappa shape index (κ3) is 5.00.